The molecule has 1 aliphatic rings. The van der Waals surface area contributed by atoms with Gasteiger partial charge in [-0.3, -0.25) is 4.79 Å². The zero-order valence-corrected chi connectivity index (χ0v) is 10.2. The van der Waals surface area contributed by atoms with Gasteiger partial charge in [0.25, 0.3) is 5.91 Å². The highest BCUT2D eigenvalue weighted by atomic mass is 35.5. The van der Waals surface area contributed by atoms with E-state index in [9.17, 15) is 14.3 Å². The fraction of sp³-hybridized carbons (Fsp3) is 0.417. The minimum atomic E-state index is -0.895. The summed E-state index contributed by atoms with van der Waals surface area (Å²) < 4.78 is 13.6. The number of nitrogens with zero attached hydrogens (tertiary/aromatic N) is 1. The predicted molar refractivity (Wildman–Crippen MR) is 62.6 cm³/mol. The van der Waals surface area contributed by atoms with E-state index in [1.54, 1.807) is 6.92 Å². The van der Waals surface area contributed by atoms with Crippen molar-refractivity contribution in [2.75, 3.05) is 13.1 Å². The second kappa shape index (κ2) is 4.27. The Kier molecular flexibility index (Phi) is 3.10. The Morgan fingerprint density at radius 3 is 2.82 bits per heavy atom. The molecule has 1 aromatic carbocycles. The zero-order chi connectivity index (χ0) is 12.6. The SMILES string of the molecule is CC1(O)CCN(C(=O)c2c(F)cccc2Cl)C1. The Labute approximate surface area is 104 Å². The van der Waals surface area contributed by atoms with Gasteiger partial charge in [0.15, 0.2) is 0 Å². The topological polar surface area (TPSA) is 40.5 Å². The van der Waals surface area contributed by atoms with Crippen LogP contribution in [0.3, 0.4) is 0 Å². The molecule has 17 heavy (non-hydrogen) atoms. The average molecular weight is 258 g/mol. The molecule has 0 spiro atoms. The Morgan fingerprint density at radius 2 is 2.29 bits per heavy atom. The number of halogens is 2. The third-order valence-electron chi connectivity index (χ3n) is 2.92. The van der Waals surface area contributed by atoms with Crippen molar-refractivity contribution in [3.05, 3.63) is 34.6 Å². The lowest BCUT2D eigenvalue weighted by Crippen LogP contribution is -2.34. The van der Waals surface area contributed by atoms with E-state index in [2.05, 4.69) is 0 Å². The molecule has 2 rings (SSSR count). The molecule has 1 fully saturated rings. The largest absolute Gasteiger partial charge is 0.388 e. The van der Waals surface area contributed by atoms with E-state index >= 15 is 0 Å². The molecule has 0 saturated carbocycles. The van der Waals surface area contributed by atoms with Gasteiger partial charge in [0.2, 0.25) is 0 Å². The molecule has 1 saturated heterocycles. The third kappa shape index (κ3) is 2.42. The van der Waals surface area contributed by atoms with Crippen molar-refractivity contribution in [3.8, 4) is 0 Å². The van der Waals surface area contributed by atoms with Crippen molar-refractivity contribution in [2.45, 2.75) is 18.9 Å². The molecule has 5 heteroatoms. The number of β-amino-alcohol motifs (C(OH)–C–C–N with tert-alkyl or cyclic N) is 1. The number of likely N-dealkylation sites (tertiary alicyclic amines) is 1. The number of hydrogen-bond acceptors (Lipinski definition) is 2. The van der Waals surface area contributed by atoms with Gasteiger partial charge in [0.1, 0.15) is 5.82 Å². The monoisotopic (exact) mass is 257 g/mol. The Balaban J connectivity index is 2.27. The van der Waals surface area contributed by atoms with Crippen LogP contribution < -0.4 is 0 Å². The molecule has 1 heterocycles. The van der Waals surface area contributed by atoms with Crippen LogP contribution in [0, 0.1) is 5.82 Å². The minimum Gasteiger partial charge on any atom is -0.388 e. The highest BCUT2D eigenvalue weighted by Crippen LogP contribution is 2.26. The van der Waals surface area contributed by atoms with Crippen molar-refractivity contribution in [3.63, 3.8) is 0 Å². The van der Waals surface area contributed by atoms with Gasteiger partial charge in [-0.15, -0.1) is 0 Å². The zero-order valence-electron chi connectivity index (χ0n) is 9.41. The van der Waals surface area contributed by atoms with Crippen LogP contribution in [0.4, 0.5) is 4.39 Å². The maximum atomic E-state index is 13.6. The van der Waals surface area contributed by atoms with Gasteiger partial charge >= 0.3 is 0 Å². The predicted octanol–water partition coefficient (Wildman–Crippen LogP) is 2.08. The first-order chi connectivity index (χ1) is 7.91. The molecule has 1 amide bonds. The lowest BCUT2D eigenvalue weighted by Gasteiger charge is -2.19. The maximum absolute atomic E-state index is 13.6. The van der Waals surface area contributed by atoms with Gasteiger partial charge in [-0.1, -0.05) is 17.7 Å². The average Bonchev–Trinajstić information content (AvgIpc) is 2.58. The van der Waals surface area contributed by atoms with Gasteiger partial charge in [-0.2, -0.15) is 0 Å². The fourth-order valence-corrected chi connectivity index (χ4v) is 2.22. The second-order valence-corrected chi connectivity index (χ2v) is 4.98. The van der Waals surface area contributed by atoms with E-state index < -0.39 is 17.3 Å². The maximum Gasteiger partial charge on any atom is 0.258 e. The standard InChI is InChI=1S/C12H13ClFNO2/c1-12(17)5-6-15(7-12)11(16)10-8(13)3-2-4-9(10)14/h2-4,17H,5-7H2,1H3. The van der Waals surface area contributed by atoms with Crippen LogP contribution in [0.2, 0.25) is 5.02 Å². The van der Waals surface area contributed by atoms with Gasteiger partial charge in [0.05, 0.1) is 16.2 Å². The van der Waals surface area contributed by atoms with Crippen molar-refractivity contribution >= 4 is 17.5 Å². The van der Waals surface area contributed by atoms with E-state index in [0.717, 1.165) is 0 Å². The molecule has 0 radical (unpaired) electrons. The van der Waals surface area contributed by atoms with E-state index in [1.165, 1.54) is 23.1 Å². The summed E-state index contributed by atoms with van der Waals surface area (Å²) >= 11 is 5.82. The number of rotatable bonds is 1. The molecule has 3 nitrogen and oxygen atoms in total. The molecule has 1 N–H and O–H groups in total. The second-order valence-electron chi connectivity index (χ2n) is 4.57. The first kappa shape index (κ1) is 12.3. The first-order valence-corrected chi connectivity index (χ1v) is 5.74. The Bertz CT molecular complexity index is 442. The Morgan fingerprint density at radius 1 is 1.59 bits per heavy atom. The molecule has 92 valence electrons. The number of carbonyl (C=O) groups excluding carboxylic acids is 1. The highest BCUT2D eigenvalue weighted by molar-refractivity contribution is 6.33. The Hall–Kier alpha value is -1.13. The van der Waals surface area contributed by atoms with E-state index in [1.807, 2.05) is 0 Å². The molecule has 0 aromatic heterocycles. The fourth-order valence-electron chi connectivity index (χ4n) is 1.98. The molecular formula is C12H13ClFNO2. The molecule has 1 aliphatic heterocycles. The van der Waals surface area contributed by atoms with Crippen LogP contribution in [0.25, 0.3) is 0 Å². The molecule has 1 unspecified atom stereocenters. The molecule has 1 aromatic rings. The summed E-state index contributed by atoms with van der Waals surface area (Å²) in [5.74, 6) is -1.10. The van der Waals surface area contributed by atoms with Gasteiger partial charge in [0, 0.05) is 13.1 Å². The number of amides is 1. The summed E-state index contributed by atoms with van der Waals surface area (Å²) in [5, 5.41) is 9.88. The third-order valence-corrected chi connectivity index (χ3v) is 3.23. The first-order valence-electron chi connectivity index (χ1n) is 5.36. The molecule has 0 aliphatic carbocycles. The lowest BCUT2D eigenvalue weighted by atomic mass is 10.1. The van der Waals surface area contributed by atoms with E-state index in [-0.39, 0.29) is 17.1 Å². The number of aliphatic hydroxyl groups is 1. The van der Waals surface area contributed by atoms with Crippen LogP contribution in [-0.2, 0) is 0 Å². The van der Waals surface area contributed by atoms with E-state index in [0.29, 0.717) is 13.0 Å². The van der Waals surface area contributed by atoms with Crippen molar-refractivity contribution in [2.24, 2.45) is 0 Å². The number of benzene rings is 1. The van der Waals surface area contributed by atoms with E-state index in [4.69, 9.17) is 11.6 Å². The van der Waals surface area contributed by atoms with Crippen LogP contribution in [-0.4, -0.2) is 34.6 Å². The van der Waals surface area contributed by atoms with Crippen LogP contribution in [0.15, 0.2) is 18.2 Å². The van der Waals surface area contributed by atoms with Gasteiger partial charge in [-0.25, -0.2) is 4.39 Å². The van der Waals surface area contributed by atoms with Crippen molar-refractivity contribution in [1.29, 1.82) is 0 Å². The summed E-state index contributed by atoms with van der Waals surface area (Å²) in [6.45, 7) is 2.27. The van der Waals surface area contributed by atoms with Crippen molar-refractivity contribution < 1.29 is 14.3 Å². The number of carbonyl (C=O) groups is 1. The summed E-state index contributed by atoms with van der Waals surface area (Å²) in [4.78, 5) is 13.5. The van der Waals surface area contributed by atoms with Gasteiger partial charge in [-0.05, 0) is 25.5 Å². The molecule has 1 atom stereocenters. The summed E-state index contributed by atoms with van der Waals surface area (Å²) in [6.07, 6.45) is 0.491. The molecular weight excluding hydrogens is 245 g/mol. The van der Waals surface area contributed by atoms with Crippen LogP contribution in [0.5, 0.6) is 0 Å². The normalized spacial score (nSPS) is 24.1. The highest BCUT2D eigenvalue weighted by Gasteiger charge is 2.35. The minimum absolute atomic E-state index is 0.0987. The smallest absolute Gasteiger partial charge is 0.258 e. The quantitative estimate of drug-likeness (QED) is 0.837. The number of hydrogen-bond donors (Lipinski definition) is 1. The van der Waals surface area contributed by atoms with Crippen LogP contribution in [0.1, 0.15) is 23.7 Å². The lowest BCUT2D eigenvalue weighted by molar-refractivity contribution is 0.0569. The van der Waals surface area contributed by atoms with Gasteiger partial charge < -0.3 is 10.0 Å². The summed E-state index contributed by atoms with van der Waals surface area (Å²) in [5.41, 5.74) is -1.01. The van der Waals surface area contributed by atoms with Crippen LogP contribution >= 0.6 is 11.6 Å². The summed E-state index contributed by atoms with van der Waals surface area (Å²) in [6, 6.07) is 4.13. The van der Waals surface area contributed by atoms with Crippen molar-refractivity contribution in [1.82, 2.24) is 4.90 Å². The summed E-state index contributed by atoms with van der Waals surface area (Å²) in [7, 11) is 0. The molecule has 0 bridgehead atoms.